The van der Waals surface area contributed by atoms with E-state index in [0.717, 1.165) is 18.7 Å². The Morgan fingerprint density at radius 3 is 2.81 bits per heavy atom. The number of anilines is 1. The molecule has 2 aliphatic rings. The van der Waals surface area contributed by atoms with E-state index in [1.807, 2.05) is 0 Å². The van der Waals surface area contributed by atoms with E-state index in [-0.39, 0.29) is 5.60 Å². The summed E-state index contributed by atoms with van der Waals surface area (Å²) in [6, 6.07) is 4.65. The molecule has 0 fully saturated rings. The van der Waals surface area contributed by atoms with Gasteiger partial charge in [-0.15, -0.1) is 0 Å². The van der Waals surface area contributed by atoms with E-state index in [4.69, 9.17) is 10.5 Å². The number of unbranched alkanes of at least 4 members (excludes halogenated alkanes) is 2. The van der Waals surface area contributed by atoms with Gasteiger partial charge in [0.1, 0.15) is 11.4 Å². The van der Waals surface area contributed by atoms with Crippen LogP contribution >= 0.6 is 0 Å². The van der Waals surface area contributed by atoms with Gasteiger partial charge < -0.3 is 15.8 Å². The molecule has 144 valence electrons. The maximum absolute atomic E-state index is 6.59. The molecule has 1 aromatic carbocycles. The van der Waals surface area contributed by atoms with Gasteiger partial charge in [-0.25, -0.2) is 0 Å². The predicted molar refractivity (Wildman–Crippen MR) is 111 cm³/mol. The zero-order valence-corrected chi connectivity index (χ0v) is 17.0. The highest BCUT2D eigenvalue weighted by atomic mass is 16.5. The van der Waals surface area contributed by atoms with Crippen LogP contribution in [0.25, 0.3) is 0 Å². The fraction of sp³-hybridized carbons (Fsp3) is 0.652. The number of nitrogens with one attached hydrogen (secondary N) is 1. The summed E-state index contributed by atoms with van der Waals surface area (Å²) < 4.78 is 6.59. The molecule has 3 N–H and O–H groups in total. The molecule has 3 nitrogen and oxygen atoms in total. The van der Waals surface area contributed by atoms with Gasteiger partial charge in [0, 0.05) is 36.2 Å². The van der Waals surface area contributed by atoms with Gasteiger partial charge in [-0.2, -0.15) is 0 Å². The van der Waals surface area contributed by atoms with E-state index >= 15 is 0 Å². The Kier molecular flexibility index (Phi) is 5.96. The molecular formula is C23H36N2O. The van der Waals surface area contributed by atoms with Gasteiger partial charge in [0.2, 0.25) is 0 Å². The Bertz CT molecular complexity index is 662. The molecule has 0 saturated carbocycles. The monoisotopic (exact) mass is 356 g/mol. The van der Waals surface area contributed by atoms with E-state index < -0.39 is 0 Å². The third-order valence-corrected chi connectivity index (χ3v) is 6.08. The fourth-order valence-electron chi connectivity index (χ4n) is 4.68. The average Bonchev–Trinajstić information content (AvgIpc) is 2.58. The molecule has 26 heavy (non-hydrogen) atoms. The summed E-state index contributed by atoms with van der Waals surface area (Å²) >= 11 is 0. The van der Waals surface area contributed by atoms with Crippen molar-refractivity contribution in [1.29, 1.82) is 0 Å². The molecule has 1 aliphatic heterocycles. The van der Waals surface area contributed by atoms with E-state index in [1.165, 1.54) is 54.5 Å². The number of hydrogen-bond donors (Lipinski definition) is 2. The lowest BCUT2D eigenvalue weighted by atomic mass is 9.67. The molecule has 0 bridgehead atoms. The second-order valence-electron chi connectivity index (χ2n) is 8.62. The second kappa shape index (κ2) is 8.04. The van der Waals surface area contributed by atoms with Gasteiger partial charge in [-0.05, 0) is 64.2 Å². The van der Waals surface area contributed by atoms with E-state index in [2.05, 4.69) is 51.2 Å². The van der Waals surface area contributed by atoms with Crippen molar-refractivity contribution in [2.75, 3.05) is 18.4 Å². The third kappa shape index (κ3) is 3.93. The summed E-state index contributed by atoms with van der Waals surface area (Å²) in [5, 5.41) is 3.59. The van der Waals surface area contributed by atoms with Crippen molar-refractivity contribution in [2.45, 2.75) is 77.7 Å². The van der Waals surface area contributed by atoms with Crippen molar-refractivity contribution in [3.8, 4) is 5.75 Å². The number of ether oxygens (including phenoxy) is 1. The van der Waals surface area contributed by atoms with Gasteiger partial charge in [0.15, 0.2) is 0 Å². The van der Waals surface area contributed by atoms with Crippen molar-refractivity contribution in [3.63, 3.8) is 0 Å². The lowest BCUT2D eigenvalue weighted by molar-refractivity contribution is 0.0119. The summed E-state index contributed by atoms with van der Waals surface area (Å²) in [4.78, 5) is 0. The van der Waals surface area contributed by atoms with Gasteiger partial charge >= 0.3 is 0 Å². The Morgan fingerprint density at radius 1 is 1.27 bits per heavy atom. The van der Waals surface area contributed by atoms with Crippen LogP contribution in [-0.2, 0) is 6.42 Å². The van der Waals surface area contributed by atoms with Gasteiger partial charge in [-0.1, -0.05) is 31.4 Å². The number of aryl methyl sites for hydroxylation is 1. The third-order valence-electron chi connectivity index (χ3n) is 6.08. The molecule has 1 aliphatic carbocycles. The number of fused-ring (bicyclic) bond motifs is 3. The second-order valence-corrected chi connectivity index (χ2v) is 8.62. The minimum absolute atomic E-state index is 0.123. The SMILES string of the molecule is CCCCCc1cc(NCCN)c2c(c1)OC(C)(C)[C@@H]1CCC(C)=C[C@@H]21. The van der Waals surface area contributed by atoms with Crippen LogP contribution in [0.1, 0.15) is 76.8 Å². The average molecular weight is 357 g/mol. The lowest BCUT2D eigenvalue weighted by Gasteiger charge is -2.47. The molecule has 3 heteroatoms. The van der Waals surface area contributed by atoms with Crippen LogP contribution in [0.4, 0.5) is 5.69 Å². The first-order valence-electron chi connectivity index (χ1n) is 10.4. The molecule has 0 saturated heterocycles. The van der Waals surface area contributed by atoms with Gasteiger partial charge in [0.05, 0.1) is 0 Å². The van der Waals surface area contributed by atoms with E-state index in [0.29, 0.717) is 18.4 Å². The van der Waals surface area contributed by atoms with Gasteiger partial charge in [-0.3, -0.25) is 0 Å². The molecule has 0 amide bonds. The first-order chi connectivity index (χ1) is 12.5. The summed E-state index contributed by atoms with van der Waals surface area (Å²) in [6.45, 7) is 10.5. The number of hydrogen-bond acceptors (Lipinski definition) is 3. The summed E-state index contributed by atoms with van der Waals surface area (Å²) in [7, 11) is 0. The number of allylic oxidation sites excluding steroid dienone is 2. The van der Waals surface area contributed by atoms with Crippen LogP contribution in [0.3, 0.4) is 0 Å². The molecule has 0 unspecified atom stereocenters. The number of benzene rings is 1. The van der Waals surface area contributed by atoms with Crippen LogP contribution in [0.2, 0.25) is 0 Å². The maximum atomic E-state index is 6.59. The predicted octanol–water partition coefficient (Wildman–Crippen LogP) is 5.40. The molecule has 2 atom stereocenters. The standard InChI is InChI=1S/C23H36N2O/c1-5-6-7-8-17-14-20(25-12-11-24)22-18-13-16(2)9-10-19(18)23(3,4)26-21(22)15-17/h13-15,18-19,25H,5-12,24H2,1-4H3/t18-,19-/m1/s1. The summed E-state index contributed by atoms with van der Waals surface area (Å²) in [5.74, 6) is 2.05. The summed E-state index contributed by atoms with van der Waals surface area (Å²) in [6.07, 6.45) is 9.76. The Balaban J connectivity index is 2.03. The molecule has 1 aromatic rings. The van der Waals surface area contributed by atoms with E-state index in [9.17, 15) is 0 Å². The Labute approximate surface area is 159 Å². The zero-order chi connectivity index (χ0) is 18.7. The smallest absolute Gasteiger partial charge is 0.126 e. The normalized spacial score (nSPS) is 23.5. The molecule has 0 spiro atoms. The topological polar surface area (TPSA) is 47.3 Å². The van der Waals surface area contributed by atoms with Crippen molar-refractivity contribution >= 4 is 5.69 Å². The largest absolute Gasteiger partial charge is 0.487 e. The first kappa shape index (κ1) is 19.3. The highest BCUT2D eigenvalue weighted by Crippen LogP contribution is 2.53. The molecular weight excluding hydrogens is 320 g/mol. The van der Waals surface area contributed by atoms with Gasteiger partial charge in [0.25, 0.3) is 0 Å². The quantitative estimate of drug-likeness (QED) is 0.508. The fourth-order valence-corrected chi connectivity index (χ4v) is 4.68. The zero-order valence-electron chi connectivity index (χ0n) is 17.0. The molecule has 3 rings (SSSR count). The molecule has 1 heterocycles. The van der Waals surface area contributed by atoms with E-state index in [1.54, 1.807) is 0 Å². The first-order valence-corrected chi connectivity index (χ1v) is 10.4. The van der Waals surface area contributed by atoms with Crippen molar-refractivity contribution < 1.29 is 4.74 Å². The lowest BCUT2D eigenvalue weighted by Crippen LogP contribution is -2.45. The van der Waals surface area contributed by atoms with Crippen LogP contribution in [0.5, 0.6) is 5.75 Å². The molecule has 0 aromatic heterocycles. The van der Waals surface area contributed by atoms with Crippen LogP contribution in [-0.4, -0.2) is 18.7 Å². The Hall–Kier alpha value is -1.48. The highest BCUT2D eigenvalue weighted by Gasteiger charge is 2.45. The minimum Gasteiger partial charge on any atom is -0.487 e. The Morgan fingerprint density at radius 2 is 2.08 bits per heavy atom. The number of rotatable bonds is 7. The van der Waals surface area contributed by atoms with Crippen LogP contribution < -0.4 is 15.8 Å². The molecule has 0 radical (unpaired) electrons. The number of nitrogens with two attached hydrogens (primary N) is 1. The summed E-state index contributed by atoms with van der Waals surface area (Å²) in [5.41, 5.74) is 11.1. The van der Waals surface area contributed by atoms with Crippen molar-refractivity contribution in [1.82, 2.24) is 0 Å². The highest BCUT2D eigenvalue weighted by molar-refractivity contribution is 5.64. The maximum Gasteiger partial charge on any atom is 0.126 e. The van der Waals surface area contributed by atoms with Crippen molar-refractivity contribution in [3.05, 3.63) is 34.9 Å². The van der Waals surface area contributed by atoms with Crippen LogP contribution in [0, 0.1) is 5.92 Å². The van der Waals surface area contributed by atoms with Crippen LogP contribution in [0.15, 0.2) is 23.8 Å². The minimum atomic E-state index is -0.123. The van der Waals surface area contributed by atoms with Crippen molar-refractivity contribution in [2.24, 2.45) is 11.7 Å².